The number of hydrogen-bond donors (Lipinski definition) is 1. The van der Waals surface area contributed by atoms with Crippen LogP contribution in [0.4, 0.5) is 13.2 Å². The van der Waals surface area contributed by atoms with Crippen LogP contribution in [0, 0.1) is 0 Å². The molecule has 0 fully saturated rings. The fourth-order valence-electron chi connectivity index (χ4n) is 3.07. The fourth-order valence-corrected chi connectivity index (χ4v) is 3.07. The van der Waals surface area contributed by atoms with Gasteiger partial charge in [-0.05, 0) is 37.5 Å². The summed E-state index contributed by atoms with van der Waals surface area (Å²) in [6.45, 7) is 2.80. The van der Waals surface area contributed by atoms with Crippen LogP contribution in [0.25, 0.3) is 0 Å². The van der Waals surface area contributed by atoms with E-state index in [2.05, 4.69) is 5.10 Å². The number of halogens is 3. The molecule has 1 N–H and O–H groups in total. The van der Waals surface area contributed by atoms with Crippen LogP contribution in [0.15, 0.2) is 33.9 Å². The Balaban J connectivity index is 2.11. The molecule has 0 amide bonds. The number of carbonyl (C=O) groups is 1. The van der Waals surface area contributed by atoms with Gasteiger partial charge in [0.25, 0.3) is 5.88 Å². The Morgan fingerprint density at radius 3 is 2.33 bits per heavy atom. The Kier molecular flexibility index (Phi) is 8.29. The molecule has 0 saturated heterocycles. The van der Waals surface area contributed by atoms with Gasteiger partial charge in [0, 0.05) is 20.0 Å². The fraction of sp³-hybridized carbons (Fsp3) is 0.524. The topological polar surface area (TPSA) is 113 Å². The van der Waals surface area contributed by atoms with Gasteiger partial charge in [-0.25, -0.2) is 14.3 Å². The second-order valence-corrected chi connectivity index (χ2v) is 7.71. The van der Waals surface area contributed by atoms with Gasteiger partial charge in [-0.3, -0.25) is 9.36 Å². The largest absolute Gasteiger partial charge is 0.478 e. The Labute approximate surface area is 187 Å². The number of aliphatic carboxylic acids is 1. The van der Waals surface area contributed by atoms with Crippen molar-refractivity contribution >= 4 is 5.97 Å². The van der Waals surface area contributed by atoms with Crippen molar-refractivity contribution in [2.45, 2.75) is 64.5 Å². The third-order valence-corrected chi connectivity index (χ3v) is 4.84. The summed E-state index contributed by atoms with van der Waals surface area (Å²) in [6, 6.07) is 6.32. The van der Waals surface area contributed by atoms with Crippen LogP contribution in [-0.2, 0) is 25.0 Å². The van der Waals surface area contributed by atoms with E-state index in [1.165, 1.54) is 14.0 Å². The predicted molar refractivity (Wildman–Crippen MR) is 111 cm³/mol. The number of hydrogen-bond acceptors (Lipinski definition) is 6. The van der Waals surface area contributed by atoms with Crippen LogP contribution >= 0.6 is 0 Å². The maximum absolute atomic E-state index is 12.5. The lowest BCUT2D eigenvalue weighted by Gasteiger charge is -2.26. The minimum Gasteiger partial charge on any atom is -0.478 e. The Bertz CT molecular complexity index is 1080. The molecule has 0 aliphatic rings. The average molecular weight is 473 g/mol. The molecule has 1 aromatic heterocycles. The van der Waals surface area contributed by atoms with E-state index in [9.17, 15) is 32.7 Å². The van der Waals surface area contributed by atoms with Crippen LogP contribution in [0.2, 0.25) is 0 Å². The molecule has 0 bridgehead atoms. The third kappa shape index (κ3) is 7.09. The standard InChI is InChI=1S/C21H26F3N3O6/c1-4-10-20(2,18(29)30)33-15-8-6-14(7-9-15)13-32-16-17(28)27(19(31)26(3)25-16)12-5-11-21(22,23)24/h6-9H,4-5,10-13H2,1-3H3,(H,29,30). The summed E-state index contributed by atoms with van der Waals surface area (Å²) in [7, 11) is 1.26. The van der Waals surface area contributed by atoms with E-state index in [0.717, 1.165) is 4.68 Å². The molecular formula is C21H26F3N3O6. The molecule has 1 aromatic carbocycles. The minimum atomic E-state index is -4.39. The average Bonchev–Trinajstić information content (AvgIpc) is 2.72. The lowest BCUT2D eigenvalue weighted by Crippen LogP contribution is -2.41. The Hall–Kier alpha value is -3.31. The van der Waals surface area contributed by atoms with Crippen molar-refractivity contribution in [2.24, 2.45) is 7.05 Å². The van der Waals surface area contributed by atoms with Gasteiger partial charge in [0.15, 0.2) is 0 Å². The first-order chi connectivity index (χ1) is 15.4. The predicted octanol–water partition coefficient (Wildman–Crippen LogP) is 2.89. The number of carboxylic acids is 1. The normalized spacial score (nSPS) is 13.4. The number of ether oxygens (including phenoxy) is 2. The highest BCUT2D eigenvalue weighted by molar-refractivity contribution is 5.77. The minimum absolute atomic E-state index is 0.117. The van der Waals surface area contributed by atoms with Crippen LogP contribution in [0.1, 0.15) is 45.1 Å². The molecule has 33 heavy (non-hydrogen) atoms. The van der Waals surface area contributed by atoms with Crippen molar-refractivity contribution in [2.75, 3.05) is 0 Å². The van der Waals surface area contributed by atoms with Crippen molar-refractivity contribution in [3.05, 3.63) is 50.7 Å². The molecular weight excluding hydrogens is 447 g/mol. The molecule has 182 valence electrons. The van der Waals surface area contributed by atoms with E-state index in [0.29, 0.717) is 28.7 Å². The maximum Gasteiger partial charge on any atom is 0.389 e. The molecule has 9 nitrogen and oxygen atoms in total. The van der Waals surface area contributed by atoms with Crippen LogP contribution in [-0.4, -0.2) is 37.2 Å². The number of rotatable bonds is 11. The van der Waals surface area contributed by atoms with Gasteiger partial charge >= 0.3 is 23.4 Å². The van der Waals surface area contributed by atoms with Gasteiger partial charge in [-0.2, -0.15) is 13.2 Å². The number of nitrogens with zero attached hydrogens (tertiary/aromatic N) is 3. The summed E-state index contributed by atoms with van der Waals surface area (Å²) in [4.78, 5) is 36.1. The number of aromatic nitrogens is 3. The molecule has 0 radical (unpaired) electrons. The SMILES string of the molecule is CCCC(C)(Oc1ccc(COc2nn(C)c(=O)n(CCCC(F)(F)F)c2=O)cc1)C(=O)O. The summed E-state index contributed by atoms with van der Waals surface area (Å²) in [5.41, 5.74) is -2.54. The number of benzene rings is 1. The van der Waals surface area contributed by atoms with Gasteiger partial charge < -0.3 is 14.6 Å². The first-order valence-electron chi connectivity index (χ1n) is 10.3. The molecule has 2 aromatic rings. The molecule has 2 rings (SSSR count). The van der Waals surface area contributed by atoms with Crippen molar-refractivity contribution < 1.29 is 32.5 Å². The molecule has 0 saturated carbocycles. The van der Waals surface area contributed by atoms with Crippen molar-refractivity contribution in [1.82, 2.24) is 14.3 Å². The van der Waals surface area contributed by atoms with E-state index in [1.807, 2.05) is 6.92 Å². The summed E-state index contributed by atoms with van der Waals surface area (Å²) in [5, 5.41) is 13.2. The van der Waals surface area contributed by atoms with Crippen LogP contribution in [0.5, 0.6) is 11.6 Å². The van der Waals surface area contributed by atoms with E-state index >= 15 is 0 Å². The molecule has 1 atom stereocenters. The van der Waals surface area contributed by atoms with Gasteiger partial charge in [-0.1, -0.05) is 25.5 Å². The van der Waals surface area contributed by atoms with Crippen molar-refractivity contribution in [3.63, 3.8) is 0 Å². The summed E-state index contributed by atoms with van der Waals surface area (Å²) >= 11 is 0. The van der Waals surface area contributed by atoms with Gasteiger partial charge in [0.1, 0.15) is 12.4 Å². The van der Waals surface area contributed by atoms with E-state index < -0.39 is 54.3 Å². The summed E-state index contributed by atoms with van der Waals surface area (Å²) < 4.78 is 49.6. The lowest BCUT2D eigenvalue weighted by atomic mass is 10.0. The zero-order valence-electron chi connectivity index (χ0n) is 18.5. The number of carboxylic acid groups (broad SMARTS) is 1. The molecule has 0 spiro atoms. The second-order valence-electron chi connectivity index (χ2n) is 7.71. The van der Waals surface area contributed by atoms with E-state index in [1.54, 1.807) is 24.3 Å². The summed E-state index contributed by atoms with van der Waals surface area (Å²) in [5.74, 6) is -1.17. The zero-order valence-corrected chi connectivity index (χ0v) is 18.5. The van der Waals surface area contributed by atoms with Gasteiger partial charge in [-0.15, -0.1) is 5.10 Å². The highest BCUT2D eigenvalue weighted by Gasteiger charge is 2.34. The lowest BCUT2D eigenvalue weighted by molar-refractivity contribution is -0.154. The first kappa shape index (κ1) is 25.9. The molecule has 1 unspecified atom stereocenters. The number of alkyl halides is 3. The van der Waals surface area contributed by atoms with Gasteiger partial charge in [0.05, 0.1) is 0 Å². The number of aryl methyl sites for hydroxylation is 1. The highest BCUT2D eigenvalue weighted by Crippen LogP contribution is 2.24. The molecule has 1 heterocycles. The second kappa shape index (κ2) is 10.5. The molecule has 0 aliphatic heterocycles. The van der Waals surface area contributed by atoms with E-state index in [-0.39, 0.29) is 6.61 Å². The first-order valence-corrected chi connectivity index (χ1v) is 10.3. The monoisotopic (exact) mass is 473 g/mol. The van der Waals surface area contributed by atoms with Gasteiger partial charge in [0.2, 0.25) is 5.60 Å². The van der Waals surface area contributed by atoms with Crippen molar-refractivity contribution in [1.29, 1.82) is 0 Å². The zero-order chi connectivity index (χ0) is 24.8. The van der Waals surface area contributed by atoms with Crippen LogP contribution in [0.3, 0.4) is 0 Å². The van der Waals surface area contributed by atoms with E-state index in [4.69, 9.17) is 9.47 Å². The molecule has 12 heteroatoms. The third-order valence-electron chi connectivity index (χ3n) is 4.84. The summed E-state index contributed by atoms with van der Waals surface area (Å²) in [6.07, 6.45) is -5.02. The maximum atomic E-state index is 12.5. The quantitative estimate of drug-likeness (QED) is 0.534. The Morgan fingerprint density at radius 1 is 1.15 bits per heavy atom. The Morgan fingerprint density at radius 2 is 1.79 bits per heavy atom. The van der Waals surface area contributed by atoms with Crippen molar-refractivity contribution in [3.8, 4) is 11.6 Å². The smallest absolute Gasteiger partial charge is 0.389 e. The van der Waals surface area contributed by atoms with Crippen LogP contribution < -0.4 is 20.7 Å². The highest BCUT2D eigenvalue weighted by atomic mass is 19.4. The molecule has 0 aliphatic carbocycles.